The molecule has 2 aromatic rings. The van der Waals surface area contributed by atoms with Crippen LogP contribution in [-0.4, -0.2) is 23.5 Å². The maximum absolute atomic E-state index is 5.41. The molecule has 0 saturated heterocycles. The van der Waals surface area contributed by atoms with E-state index >= 15 is 0 Å². The van der Waals surface area contributed by atoms with Crippen LogP contribution in [0.4, 0.5) is 0 Å². The molecule has 0 aromatic carbocycles. The van der Waals surface area contributed by atoms with Gasteiger partial charge in [0.2, 0.25) is 0 Å². The maximum atomic E-state index is 5.41. The lowest BCUT2D eigenvalue weighted by Crippen LogP contribution is -2.05. The van der Waals surface area contributed by atoms with Crippen molar-refractivity contribution in [3.8, 4) is 5.88 Å². The van der Waals surface area contributed by atoms with E-state index in [-0.39, 0.29) is 0 Å². The molecule has 0 aliphatic carbocycles. The molecule has 0 aliphatic rings. The van der Waals surface area contributed by atoms with Crippen LogP contribution < -0.4 is 10.1 Å². The molecule has 0 saturated carbocycles. The lowest BCUT2D eigenvalue weighted by atomic mass is 10.2. The number of nitrogens with zero attached hydrogens (tertiary/aromatic N) is 2. The Morgan fingerprint density at radius 2 is 2.18 bits per heavy atom. The van der Waals surface area contributed by atoms with Gasteiger partial charge in [-0.3, -0.25) is 4.40 Å². The largest absolute Gasteiger partial charge is 0.482 e. The summed E-state index contributed by atoms with van der Waals surface area (Å²) in [6, 6.07) is 6.04. The topological polar surface area (TPSA) is 38.6 Å². The van der Waals surface area contributed by atoms with E-state index in [4.69, 9.17) is 9.72 Å². The Morgan fingerprint density at radius 3 is 2.76 bits per heavy atom. The summed E-state index contributed by atoms with van der Waals surface area (Å²) < 4.78 is 7.51. The molecule has 1 N–H and O–H groups in total. The first-order chi connectivity index (χ1) is 8.19. The fourth-order valence-corrected chi connectivity index (χ4v) is 2.04. The second-order valence-corrected chi connectivity index (χ2v) is 4.39. The van der Waals surface area contributed by atoms with Crippen molar-refractivity contribution in [3.63, 3.8) is 0 Å². The van der Waals surface area contributed by atoms with Crippen LogP contribution in [0.1, 0.15) is 31.3 Å². The van der Waals surface area contributed by atoms with Crippen LogP contribution in [0.25, 0.3) is 5.52 Å². The summed E-state index contributed by atoms with van der Waals surface area (Å²) in [4.78, 5) is 4.71. The second-order valence-electron chi connectivity index (χ2n) is 4.39. The number of rotatable bonds is 4. The number of imidazole rings is 1. The van der Waals surface area contributed by atoms with Gasteiger partial charge >= 0.3 is 0 Å². The second kappa shape index (κ2) is 4.75. The maximum Gasteiger partial charge on any atom is 0.199 e. The Hall–Kier alpha value is -1.55. The first kappa shape index (κ1) is 11.9. The Bertz CT molecular complexity index is 517. The Morgan fingerprint density at radius 1 is 1.41 bits per heavy atom. The highest BCUT2D eigenvalue weighted by Crippen LogP contribution is 2.24. The Labute approximate surface area is 102 Å². The molecule has 2 rings (SSSR count). The summed E-state index contributed by atoms with van der Waals surface area (Å²) in [5.41, 5.74) is 2.18. The molecule has 92 valence electrons. The minimum Gasteiger partial charge on any atom is -0.482 e. The van der Waals surface area contributed by atoms with E-state index in [1.807, 2.05) is 19.2 Å². The minimum absolute atomic E-state index is 0.365. The average molecular weight is 233 g/mol. The number of ether oxygens (including phenoxy) is 1. The molecular formula is C13H19N3O. The molecule has 0 amide bonds. The van der Waals surface area contributed by atoms with Gasteiger partial charge in [-0.05, 0) is 19.2 Å². The van der Waals surface area contributed by atoms with Gasteiger partial charge in [-0.2, -0.15) is 0 Å². The molecule has 0 unspecified atom stereocenters. The number of nitrogens with one attached hydrogen (secondary N) is 1. The SMILES string of the molecule is CNCc1nc(C(C)C)n2c(OC)cccc12. The van der Waals surface area contributed by atoms with E-state index in [2.05, 4.69) is 29.6 Å². The molecule has 0 fully saturated rings. The van der Waals surface area contributed by atoms with E-state index in [1.165, 1.54) is 0 Å². The van der Waals surface area contributed by atoms with Gasteiger partial charge in [0.05, 0.1) is 18.3 Å². The van der Waals surface area contributed by atoms with Crippen LogP contribution >= 0.6 is 0 Å². The third kappa shape index (κ3) is 2.00. The summed E-state index contributed by atoms with van der Waals surface area (Å²) in [6.07, 6.45) is 0. The highest BCUT2D eigenvalue weighted by molar-refractivity contribution is 5.56. The third-order valence-electron chi connectivity index (χ3n) is 2.80. The Kier molecular flexibility index (Phi) is 3.33. The molecule has 0 aliphatic heterocycles. The smallest absolute Gasteiger partial charge is 0.199 e. The van der Waals surface area contributed by atoms with E-state index in [0.29, 0.717) is 5.92 Å². The number of fused-ring (bicyclic) bond motifs is 1. The van der Waals surface area contributed by atoms with Crippen LogP contribution in [-0.2, 0) is 6.54 Å². The number of hydrogen-bond acceptors (Lipinski definition) is 3. The molecule has 0 spiro atoms. The van der Waals surface area contributed by atoms with Crippen molar-refractivity contribution in [2.45, 2.75) is 26.3 Å². The quantitative estimate of drug-likeness (QED) is 0.879. The van der Waals surface area contributed by atoms with Crippen molar-refractivity contribution in [1.29, 1.82) is 0 Å². The lowest BCUT2D eigenvalue weighted by molar-refractivity contribution is 0.389. The van der Waals surface area contributed by atoms with Gasteiger partial charge in [0.15, 0.2) is 5.88 Å². The molecule has 17 heavy (non-hydrogen) atoms. The van der Waals surface area contributed by atoms with Crippen molar-refractivity contribution >= 4 is 5.52 Å². The van der Waals surface area contributed by atoms with Crippen LogP contribution in [0, 0.1) is 0 Å². The molecule has 2 aromatic heterocycles. The average Bonchev–Trinajstić information content (AvgIpc) is 2.69. The third-order valence-corrected chi connectivity index (χ3v) is 2.80. The van der Waals surface area contributed by atoms with Gasteiger partial charge in [-0.25, -0.2) is 4.98 Å². The van der Waals surface area contributed by atoms with Gasteiger partial charge in [-0.1, -0.05) is 19.9 Å². The first-order valence-corrected chi connectivity index (χ1v) is 5.87. The predicted octanol–water partition coefficient (Wildman–Crippen LogP) is 2.19. The molecular weight excluding hydrogens is 214 g/mol. The molecule has 4 heteroatoms. The summed E-state index contributed by atoms with van der Waals surface area (Å²) in [6.45, 7) is 5.05. The van der Waals surface area contributed by atoms with Gasteiger partial charge in [0, 0.05) is 12.5 Å². The highest BCUT2D eigenvalue weighted by Gasteiger charge is 2.15. The highest BCUT2D eigenvalue weighted by atomic mass is 16.5. The normalized spacial score (nSPS) is 11.4. The molecule has 4 nitrogen and oxygen atoms in total. The summed E-state index contributed by atoms with van der Waals surface area (Å²) in [7, 11) is 3.62. The number of methoxy groups -OCH3 is 1. The van der Waals surface area contributed by atoms with E-state index < -0.39 is 0 Å². The summed E-state index contributed by atoms with van der Waals surface area (Å²) in [5, 5.41) is 3.15. The van der Waals surface area contributed by atoms with Crippen LogP contribution in [0.5, 0.6) is 5.88 Å². The zero-order valence-corrected chi connectivity index (χ0v) is 10.8. The van der Waals surface area contributed by atoms with Gasteiger partial charge in [-0.15, -0.1) is 0 Å². The van der Waals surface area contributed by atoms with Gasteiger partial charge in [0.25, 0.3) is 0 Å². The molecule has 0 radical (unpaired) electrons. The van der Waals surface area contributed by atoms with Crippen molar-refractivity contribution in [3.05, 3.63) is 29.7 Å². The fourth-order valence-electron chi connectivity index (χ4n) is 2.04. The van der Waals surface area contributed by atoms with E-state index in [0.717, 1.165) is 29.5 Å². The van der Waals surface area contributed by atoms with E-state index in [1.54, 1.807) is 7.11 Å². The monoisotopic (exact) mass is 233 g/mol. The summed E-state index contributed by atoms with van der Waals surface area (Å²) in [5.74, 6) is 2.24. The van der Waals surface area contributed by atoms with Crippen molar-refractivity contribution in [1.82, 2.24) is 14.7 Å². The summed E-state index contributed by atoms with van der Waals surface area (Å²) >= 11 is 0. The zero-order chi connectivity index (χ0) is 12.4. The molecule has 0 atom stereocenters. The molecule has 0 bridgehead atoms. The van der Waals surface area contributed by atoms with Crippen molar-refractivity contribution in [2.75, 3.05) is 14.2 Å². The predicted molar refractivity (Wildman–Crippen MR) is 68.6 cm³/mol. The van der Waals surface area contributed by atoms with Crippen LogP contribution in [0.2, 0.25) is 0 Å². The van der Waals surface area contributed by atoms with Gasteiger partial charge in [0.1, 0.15) is 5.82 Å². The molecule has 2 heterocycles. The Balaban J connectivity index is 2.71. The van der Waals surface area contributed by atoms with Gasteiger partial charge < -0.3 is 10.1 Å². The van der Waals surface area contributed by atoms with Crippen LogP contribution in [0.15, 0.2) is 18.2 Å². The fraction of sp³-hybridized carbons (Fsp3) is 0.462. The first-order valence-electron chi connectivity index (χ1n) is 5.87. The zero-order valence-electron chi connectivity index (χ0n) is 10.8. The number of aromatic nitrogens is 2. The van der Waals surface area contributed by atoms with Crippen molar-refractivity contribution < 1.29 is 4.74 Å². The number of hydrogen-bond donors (Lipinski definition) is 1. The number of pyridine rings is 1. The van der Waals surface area contributed by atoms with Crippen molar-refractivity contribution in [2.24, 2.45) is 0 Å². The standard InChI is InChI=1S/C13H19N3O/c1-9(2)13-15-10(8-14-3)11-6-5-7-12(17-4)16(11)13/h5-7,9,14H,8H2,1-4H3. The van der Waals surface area contributed by atoms with E-state index in [9.17, 15) is 0 Å². The van der Waals surface area contributed by atoms with Crippen LogP contribution in [0.3, 0.4) is 0 Å². The lowest BCUT2D eigenvalue weighted by Gasteiger charge is -2.08. The minimum atomic E-state index is 0.365.